The van der Waals surface area contributed by atoms with E-state index in [1.807, 2.05) is 6.92 Å². The highest BCUT2D eigenvalue weighted by Crippen LogP contribution is 2.20. The Hall–Kier alpha value is -3.49. The Morgan fingerprint density at radius 1 is 0.824 bits per heavy atom. The Labute approximate surface area is 197 Å². The van der Waals surface area contributed by atoms with Gasteiger partial charge in [0.25, 0.3) is 0 Å². The lowest BCUT2D eigenvalue weighted by Gasteiger charge is -2.41. The molecule has 3 amide bonds. The lowest BCUT2D eigenvalue weighted by molar-refractivity contribution is -0.161. The Bertz CT molecular complexity index is 1040. The summed E-state index contributed by atoms with van der Waals surface area (Å²) in [7, 11) is 0. The van der Waals surface area contributed by atoms with Crippen LogP contribution >= 0.6 is 0 Å². The predicted octanol–water partition coefficient (Wildman–Crippen LogP) is 2.26. The molecule has 0 bridgehead atoms. The van der Waals surface area contributed by atoms with Crippen LogP contribution < -0.4 is 4.90 Å². The van der Waals surface area contributed by atoms with Crippen LogP contribution in [-0.4, -0.2) is 77.7 Å². The molecule has 0 aromatic heterocycles. The predicted molar refractivity (Wildman–Crippen MR) is 123 cm³/mol. The van der Waals surface area contributed by atoms with Crippen LogP contribution in [0.15, 0.2) is 48.5 Å². The van der Waals surface area contributed by atoms with Crippen LogP contribution in [0, 0.1) is 11.6 Å². The van der Waals surface area contributed by atoms with Crippen LogP contribution in [0.5, 0.6) is 0 Å². The van der Waals surface area contributed by atoms with Crippen molar-refractivity contribution in [3.63, 3.8) is 0 Å². The smallest absolute Gasteiger partial charge is 0.312 e. The molecule has 0 N–H and O–H groups in total. The second-order valence-electron chi connectivity index (χ2n) is 8.56. The minimum atomic E-state index is -0.693. The molecule has 1 atom stereocenters. The lowest BCUT2D eigenvalue weighted by Crippen LogP contribution is -2.61. The minimum absolute atomic E-state index is 0.158. The zero-order valence-corrected chi connectivity index (χ0v) is 19.1. The Morgan fingerprint density at radius 3 is 2.00 bits per heavy atom. The van der Waals surface area contributed by atoms with Crippen LogP contribution in [0.25, 0.3) is 0 Å². The third-order valence-corrected chi connectivity index (χ3v) is 6.46. The van der Waals surface area contributed by atoms with Crippen molar-refractivity contribution in [2.45, 2.75) is 25.9 Å². The highest BCUT2D eigenvalue weighted by Gasteiger charge is 2.40. The van der Waals surface area contributed by atoms with Crippen LogP contribution in [0.3, 0.4) is 0 Å². The second kappa shape index (κ2) is 10.2. The Morgan fingerprint density at radius 2 is 1.41 bits per heavy atom. The van der Waals surface area contributed by atoms with Gasteiger partial charge in [0.05, 0.1) is 0 Å². The molecule has 2 aliphatic heterocycles. The first-order chi connectivity index (χ1) is 16.4. The zero-order valence-electron chi connectivity index (χ0n) is 19.1. The molecule has 2 saturated heterocycles. The molecule has 2 heterocycles. The van der Waals surface area contributed by atoms with Gasteiger partial charge in [-0.3, -0.25) is 14.4 Å². The van der Waals surface area contributed by atoms with E-state index in [2.05, 4.69) is 4.90 Å². The number of amides is 3. The van der Waals surface area contributed by atoms with E-state index in [4.69, 9.17) is 0 Å². The average molecular weight is 471 g/mol. The van der Waals surface area contributed by atoms with Crippen LogP contribution in [0.1, 0.15) is 18.9 Å². The lowest BCUT2D eigenvalue weighted by atomic mass is 10.1. The van der Waals surface area contributed by atoms with Gasteiger partial charge >= 0.3 is 11.8 Å². The Kier molecular flexibility index (Phi) is 7.09. The van der Waals surface area contributed by atoms with Gasteiger partial charge in [0.15, 0.2) is 0 Å². The average Bonchev–Trinajstić information content (AvgIpc) is 2.85. The number of nitrogens with zero attached hydrogens (tertiary/aromatic N) is 4. The van der Waals surface area contributed by atoms with Gasteiger partial charge < -0.3 is 19.6 Å². The molecule has 2 fully saturated rings. The molecule has 34 heavy (non-hydrogen) atoms. The topological polar surface area (TPSA) is 64.2 Å². The van der Waals surface area contributed by atoms with Gasteiger partial charge in [-0.1, -0.05) is 19.1 Å². The third-order valence-electron chi connectivity index (χ3n) is 6.46. The summed E-state index contributed by atoms with van der Waals surface area (Å²) in [6.45, 7) is 4.81. The standard InChI is InChI=1S/C25H28F2N4O3/c1-2-22(23(32)29-13-11-28(12-14-29)21-9-7-20(27)8-10-21)31-16-15-30(24(33)25(31)34)17-18-3-5-19(26)6-4-18/h3-10,22H,2,11-17H2,1H3. The molecular formula is C25H28F2N4O3. The van der Waals surface area contributed by atoms with Crippen molar-refractivity contribution in [1.29, 1.82) is 0 Å². The minimum Gasteiger partial charge on any atom is -0.368 e. The largest absolute Gasteiger partial charge is 0.368 e. The molecule has 2 aromatic carbocycles. The van der Waals surface area contributed by atoms with E-state index < -0.39 is 17.9 Å². The summed E-state index contributed by atoms with van der Waals surface area (Å²) in [4.78, 5) is 45.6. The van der Waals surface area contributed by atoms with Gasteiger partial charge in [0.2, 0.25) is 5.91 Å². The van der Waals surface area contributed by atoms with Gasteiger partial charge in [-0.2, -0.15) is 0 Å². The fraction of sp³-hybridized carbons (Fsp3) is 0.400. The first-order valence-electron chi connectivity index (χ1n) is 11.5. The van der Waals surface area contributed by atoms with E-state index in [9.17, 15) is 23.2 Å². The Balaban J connectivity index is 1.36. The molecule has 0 spiro atoms. The number of anilines is 1. The molecule has 0 aliphatic carbocycles. The van der Waals surface area contributed by atoms with Crippen molar-refractivity contribution in [3.05, 3.63) is 65.7 Å². The van der Waals surface area contributed by atoms with E-state index >= 15 is 0 Å². The molecule has 0 saturated carbocycles. The first-order valence-corrected chi connectivity index (χ1v) is 11.5. The van der Waals surface area contributed by atoms with E-state index in [1.54, 1.807) is 29.2 Å². The molecule has 4 rings (SSSR count). The number of halogens is 2. The maximum Gasteiger partial charge on any atom is 0.312 e. The number of piperazine rings is 2. The van der Waals surface area contributed by atoms with Crippen molar-refractivity contribution < 1.29 is 23.2 Å². The summed E-state index contributed by atoms with van der Waals surface area (Å²) in [5.41, 5.74) is 1.64. The molecule has 180 valence electrons. The van der Waals surface area contributed by atoms with Crippen molar-refractivity contribution >= 4 is 23.4 Å². The summed E-state index contributed by atoms with van der Waals surface area (Å²) in [6.07, 6.45) is 0.411. The first kappa shape index (κ1) is 23.7. The molecule has 2 aromatic rings. The third kappa shape index (κ3) is 5.03. The van der Waals surface area contributed by atoms with E-state index in [0.29, 0.717) is 39.1 Å². The maximum atomic E-state index is 13.3. The molecule has 7 nitrogen and oxygen atoms in total. The number of carbonyl (C=O) groups is 3. The maximum absolute atomic E-state index is 13.3. The monoisotopic (exact) mass is 470 g/mol. The molecule has 2 aliphatic rings. The van der Waals surface area contributed by atoms with Crippen LogP contribution in [0.2, 0.25) is 0 Å². The van der Waals surface area contributed by atoms with E-state index in [0.717, 1.165) is 11.3 Å². The number of carbonyl (C=O) groups excluding carboxylic acids is 3. The molecule has 1 unspecified atom stereocenters. The molecular weight excluding hydrogens is 442 g/mol. The summed E-state index contributed by atoms with van der Waals surface area (Å²) in [5, 5.41) is 0. The van der Waals surface area contributed by atoms with Gasteiger partial charge in [-0.05, 0) is 48.4 Å². The SMILES string of the molecule is CCC(C(=O)N1CCN(c2ccc(F)cc2)CC1)N1CCN(Cc2ccc(F)cc2)C(=O)C1=O. The quantitative estimate of drug-likeness (QED) is 0.608. The van der Waals surface area contributed by atoms with E-state index in [1.165, 1.54) is 34.1 Å². The highest BCUT2D eigenvalue weighted by atomic mass is 19.1. The summed E-state index contributed by atoms with van der Waals surface area (Å²) < 4.78 is 26.3. The van der Waals surface area contributed by atoms with Gasteiger partial charge in [0.1, 0.15) is 17.7 Å². The van der Waals surface area contributed by atoms with Crippen molar-refractivity contribution in [3.8, 4) is 0 Å². The number of rotatable bonds is 6. The van der Waals surface area contributed by atoms with Crippen molar-refractivity contribution in [2.75, 3.05) is 44.2 Å². The van der Waals surface area contributed by atoms with Gasteiger partial charge in [-0.25, -0.2) is 8.78 Å². The van der Waals surface area contributed by atoms with Gasteiger partial charge in [-0.15, -0.1) is 0 Å². The highest BCUT2D eigenvalue weighted by molar-refractivity contribution is 6.35. The van der Waals surface area contributed by atoms with Crippen molar-refractivity contribution in [1.82, 2.24) is 14.7 Å². The normalized spacial score (nSPS) is 17.9. The number of hydrogen-bond donors (Lipinski definition) is 0. The van der Waals surface area contributed by atoms with Crippen molar-refractivity contribution in [2.24, 2.45) is 0 Å². The fourth-order valence-corrected chi connectivity index (χ4v) is 4.52. The molecule has 9 heteroatoms. The summed E-state index contributed by atoms with van der Waals surface area (Å²) >= 11 is 0. The van der Waals surface area contributed by atoms with Gasteiger partial charge in [0, 0.05) is 51.5 Å². The zero-order chi connectivity index (χ0) is 24.2. The van der Waals surface area contributed by atoms with E-state index in [-0.39, 0.29) is 30.6 Å². The van der Waals surface area contributed by atoms with Crippen LogP contribution in [-0.2, 0) is 20.9 Å². The second-order valence-corrected chi connectivity index (χ2v) is 8.56. The number of hydrogen-bond acceptors (Lipinski definition) is 4. The fourth-order valence-electron chi connectivity index (χ4n) is 4.52. The summed E-state index contributed by atoms with van der Waals surface area (Å²) in [6, 6.07) is 11.4. The number of benzene rings is 2. The summed E-state index contributed by atoms with van der Waals surface area (Å²) in [5.74, 6) is -2.14. The van der Waals surface area contributed by atoms with Crippen LogP contribution in [0.4, 0.5) is 14.5 Å². The molecule has 0 radical (unpaired) electrons.